The Kier molecular flexibility index (Phi) is 3.65. The molecule has 94 valence electrons. The molecule has 0 aliphatic carbocycles. The van der Waals surface area contributed by atoms with Gasteiger partial charge in [0.1, 0.15) is 0 Å². The van der Waals surface area contributed by atoms with Gasteiger partial charge in [-0.2, -0.15) is 0 Å². The molecule has 3 N–H and O–H groups in total. The second-order valence-corrected chi connectivity index (χ2v) is 4.35. The molecule has 0 aliphatic rings. The van der Waals surface area contributed by atoms with E-state index in [1.807, 2.05) is 44.2 Å². The van der Waals surface area contributed by atoms with Crippen molar-refractivity contribution in [1.82, 2.24) is 0 Å². The zero-order valence-electron chi connectivity index (χ0n) is 10.5. The van der Waals surface area contributed by atoms with Crippen LogP contribution in [0.2, 0.25) is 0 Å². The summed E-state index contributed by atoms with van der Waals surface area (Å²) in [6.07, 6.45) is -1.47. The standard InChI is InChI=1S/C15H17NO2/c1-10-6-5-7-11(2)14(10)16-13-9-4-3-8-12(13)15(17)18/h3-9,15-18H,1-2H3. The first-order valence-electron chi connectivity index (χ1n) is 5.88. The number of hydrogen-bond acceptors (Lipinski definition) is 3. The molecule has 0 fully saturated rings. The molecule has 0 unspecified atom stereocenters. The molecule has 18 heavy (non-hydrogen) atoms. The zero-order valence-corrected chi connectivity index (χ0v) is 10.5. The Hall–Kier alpha value is -1.84. The van der Waals surface area contributed by atoms with E-state index >= 15 is 0 Å². The molecule has 0 spiro atoms. The lowest BCUT2D eigenvalue weighted by Gasteiger charge is -2.16. The van der Waals surface area contributed by atoms with Crippen LogP contribution in [0.3, 0.4) is 0 Å². The number of aryl methyl sites for hydroxylation is 2. The van der Waals surface area contributed by atoms with Crippen molar-refractivity contribution in [3.05, 3.63) is 59.2 Å². The van der Waals surface area contributed by atoms with E-state index in [1.165, 1.54) is 0 Å². The average molecular weight is 243 g/mol. The minimum Gasteiger partial charge on any atom is -0.364 e. The number of aliphatic hydroxyl groups excluding tert-OH is 1. The van der Waals surface area contributed by atoms with Gasteiger partial charge < -0.3 is 15.5 Å². The fraction of sp³-hybridized carbons (Fsp3) is 0.200. The summed E-state index contributed by atoms with van der Waals surface area (Å²) in [7, 11) is 0. The van der Waals surface area contributed by atoms with Gasteiger partial charge in [-0.05, 0) is 31.0 Å². The Morgan fingerprint density at radius 2 is 1.50 bits per heavy atom. The molecule has 0 saturated heterocycles. The number of para-hydroxylation sites is 2. The number of benzene rings is 2. The highest BCUT2D eigenvalue weighted by Gasteiger charge is 2.10. The van der Waals surface area contributed by atoms with Crippen LogP contribution in [-0.2, 0) is 0 Å². The summed E-state index contributed by atoms with van der Waals surface area (Å²) in [5, 5.41) is 21.9. The van der Waals surface area contributed by atoms with E-state index in [0.717, 1.165) is 16.8 Å². The third-order valence-electron chi connectivity index (χ3n) is 2.98. The average Bonchev–Trinajstić information content (AvgIpc) is 2.34. The predicted octanol–water partition coefficient (Wildman–Crippen LogP) is 3.03. The van der Waals surface area contributed by atoms with Crippen LogP contribution in [0.5, 0.6) is 0 Å². The maximum Gasteiger partial charge on any atom is 0.180 e. The Bertz CT molecular complexity index is 530. The third-order valence-corrected chi connectivity index (χ3v) is 2.98. The first-order valence-corrected chi connectivity index (χ1v) is 5.88. The molecule has 3 nitrogen and oxygen atoms in total. The van der Waals surface area contributed by atoms with Gasteiger partial charge in [0.15, 0.2) is 6.29 Å². The van der Waals surface area contributed by atoms with Gasteiger partial charge in [-0.25, -0.2) is 0 Å². The van der Waals surface area contributed by atoms with Crippen molar-refractivity contribution in [2.45, 2.75) is 20.1 Å². The Labute approximate surface area is 107 Å². The highest BCUT2D eigenvalue weighted by molar-refractivity contribution is 5.68. The number of rotatable bonds is 3. The summed E-state index contributed by atoms with van der Waals surface area (Å²) < 4.78 is 0. The van der Waals surface area contributed by atoms with Crippen LogP contribution in [0.15, 0.2) is 42.5 Å². The highest BCUT2D eigenvalue weighted by atomic mass is 16.5. The fourth-order valence-corrected chi connectivity index (χ4v) is 1.98. The molecule has 0 heterocycles. The molecule has 0 saturated carbocycles. The summed E-state index contributed by atoms with van der Waals surface area (Å²) in [5.41, 5.74) is 4.44. The monoisotopic (exact) mass is 243 g/mol. The van der Waals surface area contributed by atoms with Gasteiger partial charge in [0.2, 0.25) is 0 Å². The molecule has 2 aromatic rings. The van der Waals surface area contributed by atoms with Crippen molar-refractivity contribution >= 4 is 11.4 Å². The third kappa shape index (κ3) is 2.53. The quantitative estimate of drug-likeness (QED) is 0.726. The smallest absolute Gasteiger partial charge is 0.180 e. The second-order valence-electron chi connectivity index (χ2n) is 4.35. The Balaban J connectivity index is 2.40. The van der Waals surface area contributed by atoms with E-state index in [0.29, 0.717) is 11.3 Å². The highest BCUT2D eigenvalue weighted by Crippen LogP contribution is 2.28. The van der Waals surface area contributed by atoms with Crippen LogP contribution >= 0.6 is 0 Å². The maximum atomic E-state index is 9.34. The first kappa shape index (κ1) is 12.6. The Morgan fingerprint density at radius 1 is 0.889 bits per heavy atom. The molecule has 0 aliphatic heterocycles. The SMILES string of the molecule is Cc1cccc(C)c1Nc1ccccc1C(O)O. The van der Waals surface area contributed by atoms with Gasteiger partial charge in [0.25, 0.3) is 0 Å². The van der Waals surface area contributed by atoms with Crippen LogP contribution in [-0.4, -0.2) is 10.2 Å². The molecular weight excluding hydrogens is 226 g/mol. The molecule has 0 amide bonds. The zero-order chi connectivity index (χ0) is 13.1. The van der Waals surface area contributed by atoms with Gasteiger partial charge in [-0.3, -0.25) is 0 Å². The van der Waals surface area contributed by atoms with Crippen LogP contribution in [0, 0.1) is 13.8 Å². The lowest BCUT2D eigenvalue weighted by molar-refractivity contribution is -0.0418. The van der Waals surface area contributed by atoms with E-state index in [4.69, 9.17) is 0 Å². The minimum absolute atomic E-state index is 0.472. The molecule has 0 radical (unpaired) electrons. The van der Waals surface area contributed by atoms with Crippen molar-refractivity contribution in [2.75, 3.05) is 5.32 Å². The van der Waals surface area contributed by atoms with Gasteiger partial charge in [-0.15, -0.1) is 0 Å². The predicted molar refractivity (Wildman–Crippen MR) is 72.8 cm³/mol. The largest absolute Gasteiger partial charge is 0.364 e. The number of anilines is 2. The normalized spacial score (nSPS) is 10.7. The Morgan fingerprint density at radius 3 is 2.11 bits per heavy atom. The molecule has 3 heteroatoms. The maximum absolute atomic E-state index is 9.34. The van der Waals surface area contributed by atoms with Gasteiger partial charge in [0.05, 0.1) is 0 Å². The van der Waals surface area contributed by atoms with Crippen LogP contribution in [0.4, 0.5) is 11.4 Å². The van der Waals surface area contributed by atoms with Crippen LogP contribution in [0.25, 0.3) is 0 Å². The van der Waals surface area contributed by atoms with E-state index < -0.39 is 6.29 Å². The molecular formula is C15H17NO2. The second kappa shape index (κ2) is 5.21. The summed E-state index contributed by atoms with van der Waals surface area (Å²) in [6.45, 7) is 4.04. The van der Waals surface area contributed by atoms with Crippen LogP contribution in [0.1, 0.15) is 23.0 Å². The van der Waals surface area contributed by atoms with Crippen molar-refractivity contribution in [3.63, 3.8) is 0 Å². The molecule has 0 atom stereocenters. The number of hydrogen-bond donors (Lipinski definition) is 3. The van der Waals surface area contributed by atoms with E-state index in [1.54, 1.807) is 12.1 Å². The molecule has 2 aromatic carbocycles. The summed E-state index contributed by atoms with van der Waals surface area (Å²) in [6, 6.07) is 13.2. The topological polar surface area (TPSA) is 52.5 Å². The van der Waals surface area contributed by atoms with Gasteiger partial charge in [0, 0.05) is 16.9 Å². The van der Waals surface area contributed by atoms with E-state index in [-0.39, 0.29) is 0 Å². The first-order chi connectivity index (χ1) is 8.59. The van der Waals surface area contributed by atoms with E-state index in [2.05, 4.69) is 5.32 Å². The van der Waals surface area contributed by atoms with Crippen molar-refractivity contribution in [2.24, 2.45) is 0 Å². The van der Waals surface area contributed by atoms with Crippen molar-refractivity contribution in [1.29, 1.82) is 0 Å². The van der Waals surface area contributed by atoms with Crippen molar-refractivity contribution < 1.29 is 10.2 Å². The molecule has 2 rings (SSSR count). The summed E-state index contributed by atoms with van der Waals surface area (Å²) >= 11 is 0. The fourth-order valence-electron chi connectivity index (χ4n) is 1.98. The lowest BCUT2D eigenvalue weighted by Crippen LogP contribution is -2.03. The van der Waals surface area contributed by atoms with Gasteiger partial charge >= 0.3 is 0 Å². The number of nitrogens with one attached hydrogen (secondary N) is 1. The van der Waals surface area contributed by atoms with E-state index in [9.17, 15) is 10.2 Å². The molecule has 0 aromatic heterocycles. The van der Waals surface area contributed by atoms with Gasteiger partial charge in [-0.1, -0.05) is 36.4 Å². The molecule has 0 bridgehead atoms. The summed E-state index contributed by atoms with van der Waals surface area (Å²) in [4.78, 5) is 0. The number of aliphatic hydroxyl groups is 2. The minimum atomic E-state index is -1.47. The van der Waals surface area contributed by atoms with Crippen LogP contribution < -0.4 is 5.32 Å². The summed E-state index contributed by atoms with van der Waals surface area (Å²) in [5.74, 6) is 0. The van der Waals surface area contributed by atoms with Crippen molar-refractivity contribution in [3.8, 4) is 0 Å². The lowest BCUT2D eigenvalue weighted by atomic mass is 10.1.